The van der Waals surface area contributed by atoms with Crippen molar-refractivity contribution in [3.63, 3.8) is 0 Å². The molecule has 1 rings (SSSR count). The number of hydrogen-bond donors (Lipinski definition) is 1. The van der Waals surface area contributed by atoms with E-state index in [4.69, 9.17) is 24.1 Å². The van der Waals surface area contributed by atoms with E-state index >= 15 is 0 Å². The fourth-order valence-electron chi connectivity index (χ4n) is 1.47. The first-order valence-electron chi connectivity index (χ1n) is 5.93. The highest BCUT2D eigenvalue weighted by atomic mass is 16.7. The molecule has 0 saturated carbocycles. The smallest absolute Gasteiger partial charge is 0.157 e. The quantitative estimate of drug-likeness (QED) is 0.591. The lowest BCUT2D eigenvalue weighted by molar-refractivity contribution is -0.169. The van der Waals surface area contributed by atoms with Crippen LogP contribution in [0.1, 0.15) is 19.3 Å². The standard InChI is InChI=1S/C11H22O5/c12-4-6-13-7-8-14-9-10-16-11-3-1-2-5-15-11/h11-12H,1-10H2. The van der Waals surface area contributed by atoms with Gasteiger partial charge in [-0.3, -0.25) is 0 Å². The van der Waals surface area contributed by atoms with Crippen molar-refractivity contribution in [1.82, 2.24) is 0 Å². The summed E-state index contributed by atoms with van der Waals surface area (Å²) in [6.45, 7) is 3.40. The highest BCUT2D eigenvalue weighted by Crippen LogP contribution is 2.13. The predicted molar refractivity (Wildman–Crippen MR) is 58.3 cm³/mol. The summed E-state index contributed by atoms with van der Waals surface area (Å²) < 4.78 is 21.2. The summed E-state index contributed by atoms with van der Waals surface area (Å²) in [5, 5.41) is 8.45. The Kier molecular flexibility index (Phi) is 8.65. The monoisotopic (exact) mass is 234 g/mol. The summed E-state index contributed by atoms with van der Waals surface area (Å²) in [5.41, 5.74) is 0. The lowest BCUT2D eigenvalue weighted by Crippen LogP contribution is -2.24. The molecule has 1 unspecified atom stereocenters. The molecule has 5 nitrogen and oxygen atoms in total. The Morgan fingerprint density at radius 1 is 1.00 bits per heavy atom. The van der Waals surface area contributed by atoms with Gasteiger partial charge in [-0.2, -0.15) is 0 Å². The zero-order chi connectivity index (χ0) is 11.5. The van der Waals surface area contributed by atoms with Crippen molar-refractivity contribution in [2.24, 2.45) is 0 Å². The van der Waals surface area contributed by atoms with Gasteiger partial charge in [0.1, 0.15) is 0 Å². The third-order valence-electron chi connectivity index (χ3n) is 2.28. The van der Waals surface area contributed by atoms with Gasteiger partial charge >= 0.3 is 0 Å². The van der Waals surface area contributed by atoms with Crippen molar-refractivity contribution in [3.05, 3.63) is 0 Å². The number of rotatable bonds is 9. The van der Waals surface area contributed by atoms with Crippen LogP contribution in [0, 0.1) is 0 Å². The Hall–Kier alpha value is -0.200. The van der Waals surface area contributed by atoms with Gasteiger partial charge in [0.2, 0.25) is 0 Å². The molecule has 0 aliphatic carbocycles. The summed E-state index contributed by atoms with van der Waals surface area (Å²) in [4.78, 5) is 0. The molecule has 1 saturated heterocycles. The molecule has 0 spiro atoms. The van der Waals surface area contributed by atoms with Gasteiger partial charge in [0.25, 0.3) is 0 Å². The topological polar surface area (TPSA) is 57.2 Å². The minimum atomic E-state index is -0.0389. The van der Waals surface area contributed by atoms with Crippen molar-refractivity contribution < 1.29 is 24.1 Å². The van der Waals surface area contributed by atoms with E-state index in [1.54, 1.807) is 0 Å². The van der Waals surface area contributed by atoms with E-state index in [0.717, 1.165) is 19.4 Å². The lowest BCUT2D eigenvalue weighted by atomic mass is 10.2. The summed E-state index contributed by atoms with van der Waals surface area (Å²) in [6.07, 6.45) is 3.27. The second-order valence-corrected chi connectivity index (χ2v) is 3.62. The molecular weight excluding hydrogens is 212 g/mol. The van der Waals surface area contributed by atoms with Gasteiger partial charge in [0.15, 0.2) is 6.29 Å². The van der Waals surface area contributed by atoms with E-state index < -0.39 is 0 Å². The Bertz CT molecular complexity index is 147. The maximum Gasteiger partial charge on any atom is 0.157 e. The average Bonchev–Trinajstić information content (AvgIpc) is 2.34. The molecule has 1 heterocycles. The molecule has 1 atom stereocenters. The Morgan fingerprint density at radius 2 is 1.75 bits per heavy atom. The SMILES string of the molecule is OCCOCCOCCOC1CCCCO1. The largest absolute Gasteiger partial charge is 0.394 e. The van der Waals surface area contributed by atoms with Gasteiger partial charge in [-0.1, -0.05) is 0 Å². The first-order valence-corrected chi connectivity index (χ1v) is 5.93. The van der Waals surface area contributed by atoms with Gasteiger partial charge in [-0.15, -0.1) is 0 Å². The number of ether oxygens (including phenoxy) is 4. The van der Waals surface area contributed by atoms with Gasteiger partial charge in [0, 0.05) is 6.61 Å². The molecule has 0 amide bonds. The molecule has 0 aromatic carbocycles. The molecule has 16 heavy (non-hydrogen) atoms. The fraction of sp³-hybridized carbons (Fsp3) is 1.00. The summed E-state index contributed by atoms with van der Waals surface area (Å²) >= 11 is 0. The molecule has 0 radical (unpaired) electrons. The van der Waals surface area contributed by atoms with Crippen LogP contribution in [0.25, 0.3) is 0 Å². The molecule has 1 N–H and O–H groups in total. The van der Waals surface area contributed by atoms with Crippen molar-refractivity contribution in [1.29, 1.82) is 0 Å². The minimum absolute atomic E-state index is 0.0389. The van der Waals surface area contributed by atoms with Crippen molar-refractivity contribution in [2.75, 3.05) is 46.2 Å². The normalized spacial score (nSPS) is 21.2. The van der Waals surface area contributed by atoms with Gasteiger partial charge in [-0.05, 0) is 19.3 Å². The van der Waals surface area contributed by atoms with E-state index in [9.17, 15) is 0 Å². The zero-order valence-electron chi connectivity index (χ0n) is 9.73. The van der Waals surface area contributed by atoms with E-state index in [1.807, 2.05) is 0 Å². The van der Waals surface area contributed by atoms with Gasteiger partial charge < -0.3 is 24.1 Å². The molecule has 1 aliphatic heterocycles. The van der Waals surface area contributed by atoms with E-state index in [2.05, 4.69) is 0 Å². The van der Waals surface area contributed by atoms with Crippen LogP contribution >= 0.6 is 0 Å². The molecule has 1 aliphatic rings. The Labute approximate surface area is 96.6 Å². The van der Waals surface area contributed by atoms with E-state index in [0.29, 0.717) is 33.0 Å². The first kappa shape index (κ1) is 13.9. The van der Waals surface area contributed by atoms with Crippen LogP contribution in [0.3, 0.4) is 0 Å². The summed E-state index contributed by atoms with van der Waals surface area (Å²) in [6, 6.07) is 0. The Morgan fingerprint density at radius 3 is 2.44 bits per heavy atom. The van der Waals surface area contributed by atoms with Crippen molar-refractivity contribution in [2.45, 2.75) is 25.6 Å². The lowest BCUT2D eigenvalue weighted by Gasteiger charge is -2.22. The number of hydrogen-bond acceptors (Lipinski definition) is 5. The van der Waals surface area contributed by atoms with Crippen molar-refractivity contribution in [3.8, 4) is 0 Å². The van der Waals surface area contributed by atoms with E-state index in [-0.39, 0.29) is 12.9 Å². The second kappa shape index (κ2) is 9.99. The van der Waals surface area contributed by atoms with Crippen LogP contribution in [0.15, 0.2) is 0 Å². The summed E-state index contributed by atoms with van der Waals surface area (Å²) in [5.74, 6) is 0. The number of aliphatic hydroxyl groups is 1. The van der Waals surface area contributed by atoms with E-state index in [1.165, 1.54) is 6.42 Å². The highest BCUT2D eigenvalue weighted by molar-refractivity contribution is 4.53. The summed E-state index contributed by atoms with van der Waals surface area (Å²) in [7, 11) is 0. The molecule has 96 valence electrons. The Balaban J connectivity index is 1.77. The molecule has 0 aromatic heterocycles. The van der Waals surface area contributed by atoms with Crippen LogP contribution in [0.4, 0.5) is 0 Å². The van der Waals surface area contributed by atoms with Gasteiger partial charge in [-0.25, -0.2) is 0 Å². The fourth-order valence-corrected chi connectivity index (χ4v) is 1.47. The molecule has 0 bridgehead atoms. The number of aliphatic hydroxyl groups excluding tert-OH is 1. The van der Waals surface area contributed by atoms with Crippen LogP contribution in [0.5, 0.6) is 0 Å². The van der Waals surface area contributed by atoms with Crippen LogP contribution in [0.2, 0.25) is 0 Å². The third kappa shape index (κ3) is 7.14. The predicted octanol–water partition coefficient (Wildman–Crippen LogP) is 0.555. The highest BCUT2D eigenvalue weighted by Gasteiger charge is 2.13. The average molecular weight is 234 g/mol. The van der Waals surface area contributed by atoms with Crippen LogP contribution in [-0.4, -0.2) is 57.6 Å². The molecule has 1 fully saturated rings. The third-order valence-corrected chi connectivity index (χ3v) is 2.28. The first-order chi connectivity index (χ1) is 7.93. The van der Waals surface area contributed by atoms with Crippen LogP contribution < -0.4 is 0 Å². The molecule has 0 aromatic rings. The molecular formula is C11H22O5. The van der Waals surface area contributed by atoms with Gasteiger partial charge in [0.05, 0.1) is 39.6 Å². The molecule has 5 heteroatoms. The maximum atomic E-state index is 8.45. The second-order valence-electron chi connectivity index (χ2n) is 3.62. The minimum Gasteiger partial charge on any atom is -0.394 e. The van der Waals surface area contributed by atoms with Crippen LogP contribution in [-0.2, 0) is 18.9 Å². The maximum absolute atomic E-state index is 8.45. The zero-order valence-corrected chi connectivity index (χ0v) is 9.73. The van der Waals surface area contributed by atoms with Crippen molar-refractivity contribution >= 4 is 0 Å².